The minimum atomic E-state index is 0.436. The van der Waals surface area contributed by atoms with Crippen LogP contribution in [0.3, 0.4) is 0 Å². The average Bonchev–Trinajstić information content (AvgIpc) is 2.86. The Morgan fingerprint density at radius 2 is 2.00 bits per heavy atom. The van der Waals surface area contributed by atoms with E-state index in [0.29, 0.717) is 12.0 Å². The summed E-state index contributed by atoms with van der Waals surface area (Å²) in [6.45, 7) is 11.5. The topological polar surface area (TPSA) is 42.7 Å². The molecule has 0 aliphatic heterocycles. The quantitative estimate of drug-likeness (QED) is 0.909. The lowest BCUT2D eigenvalue weighted by Gasteiger charge is -2.10. The molecule has 4 heteroatoms. The molecule has 0 spiro atoms. The summed E-state index contributed by atoms with van der Waals surface area (Å²) in [6.07, 6.45) is 3.91. The van der Waals surface area contributed by atoms with Gasteiger partial charge in [0, 0.05) is 25.0 Å². The normalized spacial score (nSPS) is 11.6. The van der Waals surface area contributed by atoms with Gasteiger partial charge in [0.1, 0.15) is 0 Å². The summed E-state index contributed by atoms with van der Waals surface area (Å²) >= 11 is 0. The Bertz CT molecular complexity index is 570. The number of aryl methyl sites for hydroxylation is 1. The van der Waals surface area contributed by atoms with E-state index in [1.165, 1.54) is 5.56 Å². The molecule has 20 heavy (non-hydrogen) atoms. The van der Waals surface area contributed by atoms with Crippen LogP contribution < -0.4 is 5.32 Å². The first-order chi connectivity index (χ1) is 9.47. The van der Waals surface area contributed by atoms with E-state index in [9.17, 15) is 0 Å². The summed E-state index contributed by atoms with van der Waals surface area (Å²) in [7, 11) is 0. The largest absolute Gasteiger partial charge is 0.310 e. The second-order valence-electron chi connectivity index (χ2n) is 5.86. The predicted molar refractivity (Wildman–Crippen MR) is 82.2 cm³/mol. The van der Waals surface area contributed by atoms with Gasteiger partial charge in [-0.25, -0.2) is 9.67 Å². The third kappa shape index (κ3) is 3.45. The van der Waals surface area contributed by atoms with Crippen LogP contribution in [0.15, 0.2) is 24.5 Å². The summed E-state index contributed by atoms with van der Waals surface area (Å²) in [5, 5.41) is 7.99. The van der Waals surface area contributed by atoms with Gasteiger partial charge in [-0.3, -0.25) is 0 Å². The standard InChI is InChI=1S/C16H24N4/c1-11(2)15-6-7-20(19-15)16-13(5)8-14(10-18-16)9-17-12(3)4/h6-8,10-12,17H,9H2,1-5H3. The number of nitrogens with zero attached hydrogens (tertiary/aromatic N) is 3. The van der Waals surface area contributed by atoms with Gasteiger partial charge in [0.2, 0.25) is 0 Å². The molecular formula is C16H24N4. The fourth-order valence-electron chi connectivity index (χ4n) is 2.05. The second-order valence-corrected chi connectivity index (χ2v) is 5.86. The van der Waals surface area contributed by atoms with Crippen LogP contribution in [0.1, 0.15) is 50.4 Å². The van der Waals surface area contributed by atoms with Crippen molar-refractivity contribution in [3.63, 3.8) is 0 Å². The minimum absolute atomic E-state index is 0.436. The third-order valence-corrected chi connectivity index (χ3v) is 3.24. The van der Waals surface area contributed by atoms with E-state index in [-0.39, 0.29) is 0 Å². The molecule has 0 bridgehead atoms. The third-order valence-electron chi connectivity index (χ3n) is 3.24. The highest BCUT2D eigenvalue weighted by atomic mass is 15.3. The zero-order valence-corrected chi connectivity index (χ0v) is 13.0. The Morgan fingerprint density at radius 1 is 1.25 bits per heavy atom. The maximum atomic E-state index is 4.58. The molecule has 0 radical (unpaired) electrons. The Kier molecular flexibility index (Phi) is 4.55. The minimum Gasteiger partial charge on any atom is -0.310 e. The highest BCUT2D eigenvalue weighted by Gasteiger charge is 2.08. The van der Waals surface area contributed by atoms with E-state index >= 15 is 0 Å². The van der Waals surface area contributed by atoms with Crippen LogP contribution in [0, 0.1) is 6.92 Å². The van der Waals surface area contributed by atoms with E-state index < -0.39 is 0 Å². The van der Waals surface area contributed by atoms with Crippen molar-refractivity contribution >= 4 is 0 Å². The number of hydrogen-bond donors (Lipinski definition) is 1. The Balaban J connectivity index is 2.20. The van der Waals surface area contributed by atoms with Crippen molar-refractivity contribution in [2.45, 2.75) is 53.1 Å². The van der Waals surface area contributed by atoms with Gasteiger partial charge in [-0.15, -0.1) is 0 Å². The molecule has 0 aromatic carbocycles. The van der Waals surface area contributed by atoms with Crippen molar-refractivity contribution in [3.05, 3.63) is 41.3 Å². The Labute approximate surface area is 121 Å². The number of aromatic nitrogens is 3. The monoisotopic (exact) mass is 272 g/mol. The molecule has 0 saturated carbocycles. The van der Waals surface area contributed by atoms with Gasteiger partial charge in [-0.05, 0) is 36.1 Å². The number of hydrogen-bond acceptors (Lipinski definition) is 3. The van der Waals surface area contributed by atoms with Gasteiger partial charge >= 0.3 is 0 Å². The van der Waals surface area contributed by atoms with Crippen LogP contribution in [0.25, 0.3) is 5.82 Å². The average molecular weight is 272 g/mol. The second kappa shape index (κ2) is 6.18. The molecule has 0 amide bonds. The fourth-order valence-corrected chi connectivity index (χ4v) is 2.05. The van der Waals surface area contributed by atoms with Crippen LogP contribution in [0.2, 0.25) is 0 Å². The molecule has 4 nitrogen and oxygen atoms in total. The van der Waals surface area contributed by atoms with E-state index in [4.69, 9.17) is 0 Å². The number of nitrogens with one attached hydrogen (secondary N) is 1. The number of rotatable bonds is 5. The first kappa shape index (κ1) is 14.7. The lowest BCUT2D eigenvalue weighted by molar-refractivity contribution is 0.587. The summed E-state index contributed by atoms with van der Waals surface area (Å²) in [5.41, 5.74) is 3.44. The van der Waals surface area contributed by atoms with E-state index in [0.717, 1.165) is 23.6 Å². The first-order valence-corrected chi connectivity index (χ1v) is 7.22. The Hall–Kier alpha value is -1.68. The molecule has 0 atom stereocenters. The molecule has 0 aliphatic rings. The summed E-state index contributed by atoms with van der Waals surface area (Å²) in [5.74, 6) is 1.34. The smallest absolute Gasteiger partial charge is 0.156 e. The highest BCUT2D eigenvalue weighted by Crippen LogP contribution is 2.16. The van der Waals surface area contributed by atoms with Gasteiger partial charge in [0.05, 0.1) is 5.69 Å². The van der Waals surface area contributed by atoms with Crippen molar-refractivity contribution in [1.82, 2.24) is 20.1 Å². The van der Waals surface area contributed by atoms with Crippen LogP contribution in [0.5, 0.6) is 0 Å². The highest BCUT2D eigenvalue weighted by molar-refractivity contribution is 5.35. The van der Waals surface area contributed by atoms with Crippen molar-refractivity contribution in [2.75, 3.05) is 0 Å². The molecule has 2 rings (SSSR count). The van der Waals surface area contributed by atoms with Crippen molar-refractivity contribution in [3.8, 4) is 5.82 Å². The van der Waals surface area contributed by atoms with Gasteiger partial charge < -0.3 is 5.32 Å². The molecular weight excluding hydrogens is 248 g/mol. The summed E-state index contributed by atoms with van der Waals surface area (Å²) in [6, 6.07) is 4.71. The van der Waals surface area contributed by atoms with Crippen LogP contribution in [-0.4, -0.2) is 20.8 Å². The van der Waals surface area contributed by atoms with Crippen molar-refractivity contribution < 1.29 is 0 Å². The van der Waals surface area contributed by atoms with Crippen molar-refractivity contribution in [2.24, 2.45) is 0 Å². The van der Waals surface area contributed by atoms with E-state index in [1.54, 1.807) is 0 Å². The van der Waals surface area contributed by atoms with Crippen molar-refractivity contribution in [1.29, 1.82) is 0 Å². The molecule has 0 unspecified atom stereocenters. The SMILES string of the molecule is Cc1cc(CNC(C)C)cnc1-n1ccc(C(C)C)n1. The van der Waals surface area contributed by atoms with E-state index in [2.05, 4.69) is 62.2 Å². The maximum absolute atomic E-state index is 4.58. The molecule has 0 fully saturated rings. The molecule has 0 saturated heterocycles. The van der Waals surface area contributed by atoms with Crippen LogP contribution in [-0.2, 0) is 6.54 Å². The molecule has 2 aromatic heterocycles. The fraction of sp³-hybridized carbons (Fsp3) is 0.500. The zero-order valence-electron chi connectivity index (χ0n) is 13.0. The predicted octanol–water partition coefficient (Wildman–Crippen LogP) is 3.20. The van der Waals surface area contributed by atoms with Crippen LogP contribution in [0.4, 0.5) is 0 Å². The first-order valence-electron chi connectivity index (χ1n) is 7.22. The summed E-state index contributed by atoms with van der Waals surface area (Å²) < 4.78 is 1.87. The van der Waals surface area contributed by atoms with Gasteiger partial charge in [0.25, 0.3) is 0 Å². The molecule has 1 N–H and O–H groups in total. The zero-order chi connectivity index (χ0) is 14.7. The van der Waals surface area contributed by atoms with E-state index in [1.807, 2.05) is 17.1 Å². The van der Waals surface area contributed by atoms with Gasteiger partial charge in [-0.2, -0.15) is 5.10 Å². The molecule has 2 heterocycles. The number of pyridine rings is 1. The van der Waals surface area contributed by atoms with Crippen LogP contribution >= 0.6 is 0 Å². The maximum Gasteiger partial charge on any atom is 0.156 e. The lowest BCUT2D eigenvalue weighted by atomic mass is 10.1. The molecule has 2 aromatic rings. The molecule has 0 aliphatic carbocycles. The summed E-state index contributed by atoms with van der Waals surface area (Å²) in [4.78, 5) is 4.56. The molecule has 108 valence electrons. The lowest BCUT2D eigenvalue weighted by Crippen LogP contribution is -2.22. The van der Waals surface area contributed by atoms with Gasteiger partial charge in [-0.1, -0.05) is 27.7 Å². The Morgan fingerprint density at radius 3 is 2.55 bits per heavy atom. The van der Waals surface area contributed by atoms with Gasteiger partial charge in [0.15, 0.2) is 5.82 Å².